The van der Waals surface area contributed by atoms with Crippen LogP contribution in [0.5, 0.6) is 0 Å². The number of hydrogen-bond acceptors (Lipinski definition) is 5. The molecule has 7 nitrogen and oxygen atoms in total. The number of rotatable bonds is 5. The average molecular weight is 372 g/mol. The number of carbonyl (C=O) groups is 1. The Hall–Kier alpha value is -2.15. The fraction of sp³-hybridized carbons (Fsp3) is 0.650. The molecule has 1 saturated carbocycles. The lowest BCUT2D eigenvalue weighted by atomic mass is 9.94. The summed E-state index contributed by atoms with van der Waals surface area (Å²) in [5, 5.41) is 14.5. The fourth-order valence-electron chi connectivity index (χ4n) is 4.44. The lowest BCUT2D eigenvalue weighted by molar-refractivity contribution is -0.384. The summed E-state index contributed by atoms with van der Waals surface area (Å²) in [7, 11) is 0. The van der Waals surface area contributed by atoms with Gasteiger partial charge in [0.2, 0.25) is 5.91 Å². The van der Waals surface area contributed by atoms with Crippen LogP contribution in [-0.4, -0.2) is 54.0 Å². The second-order valence-electron chi connectivity index (χ2n) is 8.06. The van der Waals surface area contributed by atoms with Crippen LogP contribution in [0.15, 0.2) is 24.3 Å². The monoisotopic (exact) mass is 372 g/mol. The standard InChI is InChI=1S/C20H28N4O3/c25-20(21-16-9-13-22(14-10-16)17-5-6-17)15-7-11-23(12-8-15)18-3-1-2-4-19(18)24(26)27/h1-4,15-17H,5-14H2,(H,21,25). The Kier molecular flexibility index (Phi) is 5.29. The number of nitrogens with one attached hydrogen (secondary N) is 1. The molecule has 1 aromatic rings. The molecule has 2 saturated heterocycles. The Balaban J connectivity index is 1.26. The molecule has 0 aromatic heterocycles. The van der Waals surface area contributed by atoms with Crippen LogP contribution in [0.4, 0.5) is 11.4 Å². The van der Waals surface area contributed by atoms with E-state index >= 15 is 0 Å². The van der Waals surface area contributed by atoms with Gasteiger partial charge in [0.25, 0.3) is 5.69 Å². The minimum Gasteiger partial charge on any atom is -0.366 e. The molecule has 3 fully saturated rings. The molecule has 1 N–H and O–H groups in total. The lowest BCUT2D eigenvalue weighted by Gasteiger charge is -2.35. The smallest absolute Gasteiger partial charge is 0.292 e. The second-order valence-corrected chi connectivity index (χ2v) is 8.06. The number of hydrogen-bond donors (Lipinski definition) is 1. The van der Waals surface area contributed by atoms with Gasteiger partial charge in [0, 0.05) is 50.2 Å². The van der Waals surface area contributed by atoms with Gasteiger partial charge in [-0.25, -0.2) is 0 Å². The maximum atomic E-state index is 12.7. The van der Waals surface area contributed by atoms with Crippen molar-refractivity contribution in [3.05, 3.63) is 34.4 Å². The number of nitro groups is 1. The zero-order valence-corrected chi connectivity index (χ0v) is 15.7. The number of carbonyl (C=O) groups excluding carboxylic acids is 1. The van der Waals surface area contributed by atoms with Crippen LogP contribution in [0.2, 0.25) is 0 Å². The van der Waals surface area contributed by atoms with E-state index in [1.807, 2.05) is 11.0 Å². The Morgan fingerprint density at radius 2 is 1.67 bits per heavy atom. The van der Waals surface area contributed by atoms with E-state index in [2.05, 4.69) is 10.2 Å². The van der Waals surface area contributed by atoms with Crippen LogP contribution < -0.4 is 10.2 Å². The first-order valence-electron chi connectivity index (χ1n) is 10.1. The van der Waals surface area contributed by atoms with E-state index in [0.717, 1.165) is 44.8 Å². The van der Waals surface area contributed by atoms with Crippen molar-refractivity contribution in [1.82, 2.24) is 10.2 Å². The van der Waals surface area contributed by atoms with Gasteiger partial charge in [-0.05, 0) is 44.6 Å². The minimum atomic E-state index is -0.331. The molecule has 0 bridgehead atoms. The molecule has 146 valence electrons. The van der Waals surface area contributed by atoms with E-state index in [9.17, 15) is 14.9 Å². The van der Waals surface area contributed by atoms with Crippen molar-refractivity contribution >= 4 is 17.3 Å². The number of para-hydroxylation sites is 2. The SMILES string of the molecule is O=C(NC1CCN(C2CC2)CC1)C1CCN(c2ccccc2[N+](=O)[O-])CC1. The van der Waals surface area contributed by atoms with Crippen LogP contribution in [0, 0.1) is 16.0 Å². The van der Waals surface area contributed by atoms with E-state index < -0.39 is 0 Å². The highest BCUT2D eigenvalue weighted by Gasteiger charge is 2.33. The van der Waals surface area contributed by atoms with Crippen LogP contribution in [0.25, 0.3) is 0 Å². The molecule has 27 heavy (non-hydrogen) atoms. The van der Waals surface area contributed by atoms with E-state index in [1.165, 1.54) is 12.8 Å². The van der Waals surface area contributed by atoms with E-state index in [4.69, 9.17) is 0 Å². The number of nitro benzene ring substituents is 1. The van der Waals surface area contributed by atoms with E-state index in [1.54, 1.807) is 18.2 Å². The van der Waals surface area contributed by atoms with Crippen molar-refractivity contribution in [2.24, 2.45) is 5.92 Å². The lowest BCUT2D eigenvalue weighted by Crippen LogP contribution is -2.48. The molecule has 0 spiro atoms. The van der Waals surface area contributed by atoms with Crippen LogP contribution in [0.3, 0.4) is 0 Å². The van der Waals surface area contributed by atoms with Gasteiger partial charge >= 0.3 is 0 Å². The number of benzene rings is 1. The predicted molar refractivity (Wildman–Crippen MR) is 104 cm³/mol. The van der Waals surface area contributed by atoms with E-state index in [-0.39, 0.29) is 22.4 Å². The quantitative estimate of drug-likeness (QED) is 0.635. The number of anilines is 1. The molecule has 3 aliphatic rings. The molecular weight excluding hydrogens is 344 g/mol. The van der Waals surface area contributed by atoms with Gasteiger partial charge in [0.15, 0.2) is 0 Å². The summed E-state index contributed by atoms with van der Waals surface area (Å²) in [5.41, 5.74) is 0.802. The minimum absolute atomic E-state index is 0.0190. The van der Waals surface area contributed by atoms with Crippen LogP contribution >= 0.6 is 0 Å². The van der Waals surface area contributed by atoms with Gasteiger partial charge in [0.1, 0.15) is 5.69 Å². The van der Waals surface area contributed by atoms with Gasteiger partial charge < -0.3 is 15.1 Å². The Morgan fingerprint density at radius 3 is 2.30 bits per heavy atom. The summed E-state index contributed by atoms with van der Waals surface area (Å²) >= 11 is 0. The predicted octanol–water partition coefficient (Wildman–Crippen LogP) is 2.55. The van der Waals surface area contributed by atoms with Crippen molar-refractivity contribution in [2.45, 2.75) is 50.6 Å². The summed E-state index contributed by atoms with van der Waals surface area (Å²) < 4.78 is 0. The summed E-state index contributed by atoms with van der Waals surface area (Å²) in [6.45, 7) is 3.57. The maximum absolute atomic E-state index is 12.7. The van der Waals surface area contributed by atoms with Crippen LogP contribution in [-0.2, 0) is 4.79 Å². The molecule has 1 aromatic carbocycles. The fourth-order valence-corrected chi connectivity index (χ4v) is 4.44. The summed E-state index contributed by atoms with van der Waals surface area (Å²) in [6, 6.07) is 7.98. The first-order chi connectivity index (χ1) is 13.1. The molecule has 2 aliphatic heterocycles. The molecule has 4 rings (SSSR count). The van der Waals surface area contributed by atoms with Crippen molar-refractivity contribution in [1.29, 1.82) is 0 Å². The number of nitrogens with zero attached hydrogens (tertiary/aromatic N) is 3. The largest absolute Gasteiger partial charge is 0.366 e. The third-order valence-corrected chi connectivity index (χ3v) is 6.22. The van der Waals surface area contributed by atoms with Gasteiger partial charge in [-0.15, -0.1) is 0 Å². The molecule has 1 aliphatic carbocycles. The van der Waals surface area contributed by atoms with Gasteiger partial charge in [-0.1, -0.05) is 12.1 Å². The summed E-state index contributed by atoms with van der Waals surface area (Å²) in [4.78, 5) is 28.2. The summed E-state index contributed by atoms with van der Waals surface area (Å²) in [5.74, 6) is 0.188. The normalized spacial score (nSPS) is 22.6. The summed E-state index contributed by atoms with van der Waals surface area (Å²) in [6.07, 6.45) is 6.29. The third kappa shape index (κ3) is 4.24. The topological polar surface area (TPSA) is 78.7 Å². The highest BCUT2D eigenvalue weighted by atomic mass is 16.6. The van der Waals surface area contributed by atoms with Crippen molar-refractivity contribution in [3.63, 3.8) is 0 Å². The van der Waals surface area contributed by atoms with Gasteiger partial charge in [0.05, 0.1) is 4.92 Å². The zero-order valence-electron chi connectivity index (χ0n) is 15.7. The molecule has 0 unspecified atom stereocenters. The highest BCUT2D eigenvalue weighted by Crippen LogP contribution is 2.32. The molecular formula is C20H28N4O3. The maximum Gasteiger partial charge on any atom is 0.292 e. The number of piperidine rings is 2. The Bertz CT molecular complexity index is 690. The molecule has 2 heterocycles. The molecule has 0 atom stereocenters. The van der Waals surface area contributed by atoms with Crippen molar-refractivity contribution in [3.8, 4) is 0 Å². The number of amides is 1. The first-order valence-corrected chi connectivity index (χ1v) is 10.1. The van der Waals surface area contributed by atoms with E-state index in [0.29, 0.717) is 24.8 Å². The Labute approximate surface area is 159 Å². The van der Waals surface area contributed by atoms with Gasteiger partial charge in [-0.3, -0.25) is 14.9 Å². The van der Waals surface area contributed by atoms with Gasteiger partial charge in [-0.2, -0.15) is 0 Å². The van der Waals surface area contributed by atoms with Crippen LogP contribution in [0.1, 0.15) is 38.5 Å². The highest BCUT2D eigenvalue weighted by molar-refractivity contribution is 5.79. The molecule has 0 radical (unpaired) electrons. The molecule has 1 amide bonds. The van der Waals surface area contributed by atoms with Crippen molar-refractivity contribution in [2.75, 3.05) is 31.1 Å². The van der Waals surface area contributed by atoms with Crippen molar-refractivity contribution < 1.29 is 9.72 Å². The zero-order chi connectivity index (χ0) is 18.8. The average Bonchev–Trinajstić information content (AvgIpc) is 3.54. The Morgan fingerprint density at radius 1 is 1.00 bits per heavy atom. The first kappa shape index (κ1) is 18.2. The second kappa shape index (κ2) is 7.84. The number of likely N-dealkylation sites (tertiary alicyclic amines) is 1. The molecule has 7 heteroatoms. The third-order valence-electron chi connectivity index (χ3n) is 6.22.